The molecule has 1 unspecified atom stereocenters. The summed E-state index contributed by atoms with van der Waals surface area (Å²) in [5.41, 5.74) is 0.849. The van der Waals surface area contributed by atoms with Crippen molar-refractivity contribution in [2.24, 2.45) is 0 Å². The molecule has 0 radical (unpaired) electrons. The van der Waals surface area contributed by atoms with Gasteiger partial charge in [0.15, 0.2) is 0 Å². The monoisotopic (exact) mass is 213 g/mol. The Morgan fingerprint density at radius 3 is 2.93 bits per heavy atom. The molecule has 5 heteroatoms. The zero-order chi connectivity index (χ0) is 10.1. The first-order chi connectivity index (χ1) is 6.65. The standard InChI is InChI=1S/C9H12ClN3O/c1-6-4-8(10)12-9(11-6)13-3-2-7(14)5-13/h4,7,14H,2-3,5H2,1H3. The van der Waals surface area contributed by atoms with Crippen LogP contribution in [0, 0.1) is 6.92 Å². The largest absolute Gasteiger partial charge is 0.391 e. The summed E-state index contributed by atoms with van der Waals surface area (Å²) in [5.74, 6) is 0.617. The van der Waals surface area contributed by atoms with E-state index in [9.17, 15) is 5.11 Å². The second-order valence-electron chi connectivity index (χ2n) is 3.52. The van der Waals surface area contributed by atoms with E-state index in [2.05, 4.69) is 9.97 Å². The maximum Gasteiger partial charge on any atom is 0.227 e. The highest BCUT2D eigenvalue weighted by Crippen LogP contribution is 2.18. The Hall–Kier alpha value is -0.870. The van der Waals surface area contributed by atoms with Gasteiger partial charge < -0.3 is 10.0 Å². The summed E-state index contributed by atoms with van der Waals surface area (Å²) in [6.07, 6.45) is 0.507. The number of hydrogen-bond donors (Lipinski definition) is 1. The third-order valence-electron chi connectivity index (χ3n) is 2.26. The van der Waals surface area contributed by atoms with E-state index in [-0.39, 0.29) is 6.10 Å². The molecular weight excluding hydrogens is 202 g/mol. The lowest BCUT2D eigenvalue weighted by Crippen LogP contribution is -2.23. The second-order valence-corrected chi connectivity index (χ2v) is 3.91. The number of aliphatic hydroxyl groups is 1. The number of aliphatic hydroxyl groups excluding tert-OH is 1. The number of hydrogen-bond acceptors (Lipinski definition) is 4. The maximum atomic E-state index is 9.37. The van der Waals surface area contributed by atoms with Crippen molar-refractivity contribution in [3.63, 3.8) is 0 Å². The number of aromatic nitrogens is 2. The number of anilines is 1. The number of aryl methyl sites for hydroxylation is 1. The minimum absolute atomic E-state index is 0.266. The van der Waals surface area contributed by atoms with Gasteiger partial charge in [-0.15, -0.1) is 0 Å². The molecule has 1 aliphatic heterocycles. The van der Waals surface area contributed by atoms with Gasteiger partial charge in [0.1, 0.15) is 5.15 Å². The molecule has 0 aromatic carbocycles. The number of nitrogens with zero attached hydrogens (tertiary/aromatic N) is 3. The van der Waals surface area contributed by atoms with Crippen LogP contribution in [0.4, 0.5) is 5.95 Å². The third-order valence-corrected chi connectivity index (χ3v) is 2.45. The molecule has 0 spiro atoms. The molecule has 0 saturated carbocycles. The van der Waals surface area contributed by atoms with Gasteiger partial charge in [-0.05, 0) is 19.4 Å². The molecule has 1 aliphatic rings. The smallest absolute Gasteiger partial charge is 0.227 e. The molecule has 4 nitrogen and oxygen atoms in total. The highest BCUT2D eigenvalue weighted by molar-refractivity contribution is 6.29. The molecule has 0 amide bonds. The van der Waals surface area contributed by atoms with Gasteiger partial charge in [0.2, 0.25) is 5.95 Å². The topological polar surface area (TPSA) is 49.2 Å². The van der Waals surface area contributed by atoms with Crippen molar-refractivity contribution < 1.29 is 5.11 Å². The average molecular weight is 214 g/mol. The van der Waals surface area contributed by atoms with Crippen molar-refractivity contribution in [1.82, 2.24) is 9.97 Å². The van der Waals surface area contributed by atoms with Crippen LogP contribution in [0.25, 0.3) is 0 Å². The first-order valence-corrected chi connectivity index (χ1v) is 4.97. The van der Waals surface area contributed by atoms with Crippen molar-refractivity contribution in [1.29, 1.82) is 0 Å². The summed E-state index contributed by atoms with van der Waals surface area (Å²) < 4.78 is 0. The Bertz CT molecular complexity index is 325. The summed E-state index contributed by atoms with van der Waals surface area (Å²) in [7, 11) is 0. The fraction of sp³-hybridized carbons (Fsp3) is 0.556. The molecule has 14 heavy (non-hydrogen) atoms. The lowest BCUT2D eigenvalue weighted by atomic mass is 10.3. The van der Waals surface area contributed by atoms with Crippen LogP contribution in [-0.4, -0.2) is 34.3 Å². The Morgan fingerprint density at radius 1 is 1.57 bits per heavy atom. The van der Waals surface area contributed by atoms with Crippen LogP contribution in [0.1, 0.15) is 12.1 Å². The van der Waals surface area contributed by atoms with E-state index in [1.165, 1.54) is 0 Å². The first kappa shape index (κ1) is 9.68. The summed E-state index contributed by atoms with van der Waals surface area (Å²) in [4.78, 5) is 10.3. The van der Waals surface area contributed by atoms with E-state index in [0.717, 1.165) is 18.7 Å². The minimum atomic E-state index is -0.266. The van der Waals surface area contributed by atoms with Crippen LogP contribution in [-0.2, 0) is 0 Å². The summed E-state index contributed by atoms with van der Waals surface area (Å²) in [6, 6.07) is 1.72. The van der Waals surface area contributed by atoms with Gasteiger partial charge in [0.05, 0.1) is 6.10 Å². The number of β-amino-alcohol motifs (C(OH)–C–C–N with tert-alkyl or cyclic N) is 1. The average Bonchev–Trinajstić information content (AvgIpc) is 2.50. The summed E-state index contributed by atoms with van der Waals surface area (Å²) in [5, 5.41) is 9.82. The van der Waals surface area contributed by atoms with Crippen LogP contribution >= 0.6 is 11.6 Å². The maximum absolute atomic E-state index is 9.37. The summed E-state index contributed by atoms with van der Waals surface area (Å²) in [6.45, 7) is 3.27. The van der Waals surface area contributed by atoms with Gasteiger partial charge in [-0.1, -0.05) is 11.6 Å². The lowest BCUT2D eigenvalue weighted by Gasteiger charge is -2.15. The molecule has 0 aliphatic carbocycles. The number of halogens is 1. The molecule has 1 fully saturated rings. The molecule has 1 aromatic heterocycles. The molecule has 1 N–H and O–H groups in total. The van der Waals surface area contributed by atoms with Crippen molar-refractivity contribution in [3.8, 4) is 0 Å². The predicted octanol–water partition coefficient (Wildman–Crippen LogP) is 1.01. The van der Waals surface area contributed by atoms with E-state index in [0.29, 0.717) is 17.6 Å². The van der Waals surface area contributed by atoms with Gasteiger partial charge in [-0.3, -0.25) is 0 Å². The van der Waals surface area contributed by atoms with Gasteiger partial charge >= 0.3 is 0 Å². The van der Waals surface area contributed by atoms with Gasteiger partial charge in [-0.2, -0.15) is 0 Å². The van der Waals surface area contributed by atoms with Gasteiger partial charge in [-0.25, -0.2) is 9.97 Å². The SMILES string of the molecule is Cc1cc(Cl)nc(N2CCC(O)C2)n1. The third kappa shape index (κ3) is 1.96. The lowest BCUT2D eigenvalue weighted by molar-refractivity contribution is 0.198. The highest BCUT2D eigenvalue weighted by Gasteiger charge is 2.22. The number of rotatable bonds is 1. The summed E-state index contributed by atoms with van der Waals surface area (Å²) >= 11 is 5.82. The zero-order valence-corrected chi connectivity index (χ0v) is 8.70. The Balaban J connectivity index is 2.23. The molecule has 2 rings (SSSR count). The first-order valence-electron chi connectivity index (χ1n) is 4.59. The van der Waals surface area contributed by atoms with E-state index in [1.54, 1.807) is 6.07 Å². The van der Waals surface area contributed by atoms with Gasteiger partial charge in [0.25, 0.3) is 0 Å². The highest BCUT2D eigenvalue weighted by atomic mass is 35.5. The fourth-order valence-corrected chi connectivity index (χ4v) is 1.81. The fourth-order valence-electron chi connectivity index (χ4n) is 1.58. The van der Waals surface area contributed by atoms with Crippen LogP contribution in [0.2, 0.25) is 5.15 Å². The van der Waals surface area contributed by atoms with Crippen LogP contribution < -0.4 is 4.90 Å². The van der Waals surface area contributed by atoms with Crippen molar-refractivity contribution >= 4 is 17.5 Å². The van der Waals surface area contributed by atoms with E-state index >= 15 is 0 Å². The molecule has 76 valence electrons. The molecular formula is C9H12ClN3O. The molecule has 1 aromatic rings. The molecule has 0 bridgehead atoms. The van der Waals surface area contributed by atoms with Crippen LogP contribution in [0.3, 0.4) is 0 Å². The van der Waals surface area contributed by atoms with Crippen LogP contribution in [0.15, 0.2) is 6.07 Å². The van der Waals surface area contributed by atoms with Crippen molar-refractivity contribution in [2.45, 2.75) is 19.4 Å². The van der Waals surface area contributed by atoms with E-state index < -0.39 is 0 Å². The van der Waals surface area contributed by atoms with Crippen molar-refractivity contribution in [2.75, 3.05) is 18.0 Å². The quantitative estimate of drug-likeness (QED) is 0.708. The predicted molar refractivity (Wildman–Crippen MR) is 54.6 cm³/mol. The van der Waals surface area contributed by atoms with Crippen molar-refractivity contribution in [3.05, 3.63) is 16.9 Å². The molecule has 1 atom stereocenters. The Kier molecular flexibility index (Phi) is 2.56. The molecule has 2 heterocycles. The molecule has 1 saturated heterocycles. The van der Waals surface area contributed by atoms with Crippen LogP contribution in [0.5, 0.6) is 0 Å². The van der Waals surface area contributed by atoms with Gasteiger partial charge in [0, 0.05) is 18.8 Å². The Morgan fingerprint density at radius 2 is 2.36 bits per heavy atom. The van der Waals surface area contributed by atoms with E-state index in [1.807, 2.05) is 11.8 Å². The Labute approximate surface area is 87.5 Å². The minimum Gasteiger partial charge on any atom is -0.391 e. The van der Waals surface area contributed by atoms with E-state index in [4.69, 9.17) is 11.6 Å². The zero-order valence-electron chi connectivity index (χ0n) is 7.94. The normalized spacial score (nSPS) is 21.6. The second kappa shape index (κ2) is 3.71.